The summed E-state index contributed by atoms with van der Waals surface area (Å²) >= 11 is 0. The Bertz CT molecular complexity index is 66.4. The molecule has 82 valence electrons. The highest BCUT2D eigenvalue weighted by atomic mass is 28.3. The Morgan fingerprint density at radius 2 is 1.62 bits per heavy atom. The van der Waals surface area contributed by atoms with Crippen molar-refractivity contribution in [1.29, 1.82) is 0 Å². The fourth-order valence-electron chi connectivity index (χ4n) is 0.843. The van der Waals surface area contributed by atoms with Crippen LogP contribution in [0.4, 0.5) is 0 Å². The first kappa shape index (κ1) is 16.0. The van der Waals surface area contributed by atoms with E-state index in [0.717, 1.165) is 10.5 Å². The maximum atomic E-state index is 5.07. The van der Waals surface area contributed by atoms with Crippen molar-refractivity contribution in [3.8, 4) is 0 Å². The van der Waals surface area contributed by atoms with Crippen LogP contribution in [0.3, 0.4) is 0 Å². The average molecular weight is 239 g/mol. The first-order valence-corrected chi connectivity index (χ1v) is 9.36. The number of unbranched alkanes of at least 4 members (excludes halogenated alkanes) is 4. The van der Waals surface area contributed by atoms with Gasteiger partial charge in [-0.2, -0.15) is 0 Å². The van der Waals surface area contributed by atoms with Gasteiger partial charge >= 0.3 is 0 Å². The third kappa shape index (κ3) is 24.5. The first-order valence-electron chi connectivity index (χ1n) is 5.40. The molecule has 0 unspecified atom stereocenters. The van der Waals surface area contributed by atoms with E-state index in [-0.39, 0.29) is 9.76 Å². The van der Waals surface area contributed by atoms with Gasteiger partial charge < -0.3 is 8.23 Å². The SMILES string of the molecule is CCCCCCC.C[SiH2]O[SiH2]O[SiH3]. The molecule has 0 heterocycles. The molecule has 0 amide bonds. The Balaban J connectivity index is 0. The fraction of sp³-hybridized carbons (Fsp3) is 1.00. The molecule has 0 aromatic rings. The summed E-state index contributed by atoms with van der Waals surface area (Å²) in [7, 11) is 0.269. The van der Waals surface area contributed by atoms with Crippen molar-refractivity contribution in [2.24, 2.45) is 0 Å². The Morgan fingerprint density at radius 1 is 1.08 bits per heavy atom. The number of hydrogen-bond donors (Lipinski definition) is 0. The Labute approximate surface area is 91.3 Å². The second kappa shape index (κ2) is 18.4. The van der Waals surface area contributed by atoms with Gasteiger partial charge in [-0.3, -0.25) is 0 Å². The molecule has 2 nitrogen and oxygen atoms in total. The highest BCUT2D eigenvalue weighted by Crippen LogP contribution is 2.00. The van der Waals surface area contributed by atoms with Gasteiger partial charge in [-0.05, 0) is 0 Å². The molecular weight excluding hydrogens is 212 g/mol. The molecule has 0 aromatic heterocycles. The average Bonchev–Trinajstić information content (AvgIpc) is 2.17. The summed E-state index contributed by atoms with van der Waals surface area (Å²) < 4.78 is 9.95. The molecule has 0 radical (unpaired) electrons. The molecular formula is C8H26O2Si3. The molecule has 0 N–H and O–H groups in total. The molecule has 0 atom stereocenters. The molecule has 0 saturated carbocycles. The zero-order valence-electron chi connectivity index (χ0n) is 9.77. The molecule has 0 saturated heterocycles. The van der Waals surface area contributed by atoms with E-state index in [1.807, 2.05) is 0 Å². The summed E-state index contributed by atoms with van der Waals surface area (Å²) in [6.45, 7) is 6.61. The van der Waals surface area contributed by atoms with Crippen LogP contribution in [-0.4, -0.2) is 30.3 Å². The van der Waals surface area contributed by atoms with Crippen LogP contribution < -0.4 is 0 Å². The van der Waals surface area contributed by atoms with Gasteiger partial charge in [0, 0.05) is 0 Å². The van der Waals surface area contributed by atoms with Crippen molar-refractivity contribution in [3.63, 3.8) is 0 Å². The molecule has 0 aromatic carbocycles. The van der Waals surface area contributed by atoms with Crippen LogP contribution in [0.2, 0.25) is 6.55 Å². The normalized spacial score (nSPS) is 11.3. The summed E-state index contributed by atoms with van der Waals surface area (Å²) in [4.78, 5) is 0. The third-order valence-corrected chi connectivity index (χ3v) is 4.85. The minimum Gasteiger partial charge on any atom is -0.449 e. The minimum atomic E-state index is -0.455. The van der Waals surface area contributed by atoms with E-state index in [4.69, 9.17) is 8.23 Å². The molecule has 0 aliphatic heterocycles. The van der Waals surface area contributed by atoms with Gasteiger partial charge in [-0.25, -0.2) is 0 Å². The van der Waals surface area contributed by atoms with Gasteiger partial charge in [0.1, 0.15) is 20.2 Å². The lowest BCUT2D eigenvalue weighted by molar-refractivity contribution is 0.505. The number of rotatable bonds is 7. The fourth-order valence-corrected chi connectivity index (χ4v) is 3.68. The van der Waals surface area contributed by atoms with Crippen LogP contribution in [0.1, 0.15) is 46.0 Å². The lowest BCUT2D eigenvalue weighted by Gasteiger charge is -1.93. The van der Waals surface area contributed by atoms with Gasteiger partial charge in [0.2, 0.25) is 0 Å². The minimum absolute atomic E-state index is 0.138. The molecule has 0 fully saturated rings. The first-order chi connectivity index (χ1) is 6.33. The maximum absolute atomic E-state index is 5.07. The smallest absolute Gasteiger partial charge is 0.282 e. The van der Waals surface area contributed by atoms with Crippen LogP contribution in [0.15, 0.2) is 0 Å². The molecule has 13 heavy (non-hydrogen) atoms. The molecule has 0 spiro atoms. The molecule has 0 aliphatic carbocycles. The van der Waals surface area contributed by atoms with Crippen LogP contribution in [0, 0.1) is 0 Å². The number of hydrogen-bond acceptors (Lipinski definition) is 2. The summed E-state index contributed by atoms with van der Waals surface area (Å²) in [5, 5.41) is 0. The van der Waals surface area contributed by atoms with Gasteiger partial charge in [-0.15, -0.1) is 0 Å². The second-order valence-corrected chi connectivity index (χ2v) is 7.72. The zero-order valence-corrected chi connectivity index (χ0v) is 14.6. The predicted octanol–water partition coefficient (Wildman–Crippen LogP) is 0.407. The van der Waals surface area contributed by atoms with Crippen molar-refractivity contribution < 1.29 is 8.23 Å². The zero-order chi connectivity index (χ0) is 10.4. The topological polar surface area (TPSA) is 18.5 Å². The summed E-state index contributed by atoms with van der Waals surface area (Å²) in [5.41, 5.74) is 0. The highest BCUT2D eigenvalue weighted by Gasteiger charge is 1.80. The summed E-state index contributed by atoms with van der Waals surface area (Å²) in [6, 6.07) is 0. The Morgan fingerprint density at radius 3 is 1.85 bits per heavy atom. The largest absolute Gasteiger partial charge is 0.449 e. The summed E-state index contributed by atoms with van der Waals surface area (Å²) in [5.74, 6) is 0. The van der Waals surface area contributed by atoms with Crippen molar-refractivity contribution in [2.75, 3.05) is 0 Å². The van der Waals surface area contributed by atoms with E-state index in [2.05, 4.69) is 20.4 Å². The molecule has 0 bridgehead atoms. The quantitative estimate of drug-likeness (QED) is 0.472. The molecule has 0 rings (SSSR count). The summed E-state index contributed by atoms with van der Waals surface area (Å²) in [6.07, 6.45) is 7.01. The van der Waals surface area contributed by atoms with E-state index in [1.54, 1.807) is 0 Å². The van der Waals surface area contributed by atoms with E-state index in [1.165, 1.54) is 32.1 Å². The van der Waals surface area contributed by atoms with Crippen molar-refractivity contribution >= 4 is 30.3 Å². The van der Waals surface area contributed by atoms with Crippen molar-refractivity contribution in [2.45, 2.75) is 52.5 Å². The van der Waals surface area contributed by atoms with Gasteiger partial charge in [0.25, 0.3) is 10.0 Å². The predicted molar refractivity (Wildman–Crippen MR) is 69.5 cm³/mol. The van der Waals surface area contributed by atoms with E-state index in [9.17, 15) is 0 Å². The standard InChI is InChI=1S/C7H16.CH10O2Si3/c1-3-5-7-6-4-2;1-5-3-6-2-4/h3-7H2,1-2H3;5-6H2,1,4H3. The van der Waals surface area contributed by atoms with Crippen LogP contribution in [0.5, 0.6) is 0 Å². The lowest BCUT2D eigenvalue weighted by atomic mass is 10.2. The van der Waals surface area contributed by atoms with Gasteiger partial charge in [-0.1, -0.05) is 52.5 Å². The Hall–Kier alpha value is 0.571. The molecule has 5 heteroatoms. The Kier molecular flexibility index (Phi) is 22.6. The van der Waals surface area contributed by atoms with Gasteiger partial charge in [0.05, 0.1) is 0 Å². The van der Waals surface area contributed by atoms with Crippen molar-refractivity contribution in [1.82, 2.24) is 0 Å². The van der Waals surface area contributed by atoms with Crippen LogP contribution >= 0.6 is 0 Å². The third-order valence-electron chi connectivity index (χ3n) is 1.61. The van der Waals surface area contributed by atoms with Crippen LogP contribution in [0.25, 0.3) is 0 Å². The van der Waals surface area contributed by atoms with Gasteiger partial charge in [0.15, 0.2) is 0 Å². The lowest BCUT2D eigenvalue weighted by Crippen LogP contribution is -2.02. The van der Waals surface area contributed by atoms with Crippen molar-refractivity contribution in [3.05, 3.63) is 0 Å². The van der Waals surface area contributed by atoms with Crippen LogP contribution in [-0.2, 0) is 8.23 Å². The second-order valence-electron chi connectivity index (χ2n) is 2.96. The van der Waals surface area contributed by atoms with E-state index in [0.29, 0.717) is 0 Å². The molecule has 0 aliphatic rings. The highest BCUT2D eigenvalue weighted by molar-refractivity contribution is 6.40. The van der Waals surface area contributed by atoms with E-state index < -0.39 is 10.0 Å². The maximum Gasteiger partial charge on any atom is 0.282 e. The van der Waals surface area contributed by atoms with E-state index >= 15 is 0 Å². The monoisotopic (exact) mass is 238 g/mol.